The van der Waals surface area contributed by atoms with E-state index in [0.29, 0.717) is 29.9 Å². The number of carbonyl (C=O) groups is 2. The maximum Gasteiger partial charge on any atom is 0.491 e. The van der Waals surface area contributed by atoms with Gasteiger partial charge in [0.2, 0.25) is 0 Å². The van der Waals surface area contributed by atoms with Gasteiger partial charge in [-0.15, -0.1) is 0 Å². The first kappa shape index (κ1) is 28.8. The van der Waals surface area contributed by atoms with Crippen molar-refractivity contribution in [3.63, 3.8) is 0 Å². The van der Waals surface area contributed by atoms with Gasteiger partial charge in [0.1, 0.15) is 17.3 Å². The molecule has 2 aromatic heterocycles. The highest BCUT2D eigenvalue weighted by Gasteiger charge is 2.43. The number of nitrogens with one attached hydrogen (secondary N) is 2. The third-order valence-corrected chi connectivity index (χ3v) is 6.97. The Kier molecular flexibility index (Phi) is 7.73. The van der Waals surface area contributed by atoms with Crippen LogP contribution in [0.5, 0.6) is 11.5 Å². The van der Waals surface area contributed by atoms with E-state index in [9.17, 15) is 27.2 Å². The molecular weight excluding hydrogens is 560 g/mol. The molecule has 3 heterocycles. The van der Waals surface area contributed by atoms with Crippen LogP contribution < -0.4 is 14.8 Å². The van der Waals surface area contributed by atoms with Crippen molar-refractivity contribution >= 4 is 34.3 Å². The number of alkyl halides is 3. The van der Waals surface area contributed by atoms with E-state index in [0.717, 1.165) is 11.9 Å². The fourth-order valence-electron chi connectivity index (χ4n) is 4.80. The number of amides is 1. The number of ether oxygens (including phenoxy) is 2. The van der Waals surface area contributed by atoms with Crippen LogP contribution in [0.25, 0.3) is 22.3 Å². The zero-order chi connectivity index (χ0) is 30.2. The van der Waals surface area contributed by atoms with Crippen molar-refractivity contribution < 1.29 is 36.6 Å². The summed E-state index contributed by atoms with van der Waals surface area (Å²) in [7, 11) is 4.61. The van der Waals surface area contributed by atoms with E-state index in [-0.39, 0.29) is 28.9 Å². The smallest absolute Gasteiger partial charge is 0.491 e. The van der Waals surface area contributed by atoms with Gasteiger partial charge in [-0.2, -0.15) is 13.2 Å². The Morgan fingerprint density at radius 3 is 2.62 bits per heavy atom. The Labute approximate surface area is 237 Å². The maximum atomic E-state index is 13.6. The fourth-order valence-corrected chi connectivity index (χ4v) is 4.80. The summed E-state index contributed by atoms with van der Waals surface area (Å²) in [5, 5.41) is 3.66. The van der Waals surface area contributed by atoms with E-state index < -0.39 is 29.6 Å². The van der Waals surface area contributed by atoms with Crippen LogP contribution in [-0.2, 0) is 4.79 Å². The largest absolute Gasteiger partial charge is 0.491 e. The summed E-state index contributed by atoms with van der Waals surface area (Å²) in [6, 6.07) is 8.52. The molecule has 0 spiro atoms. The molecule has 1 unspecified atom stereocenters. The van der Waals surface area contributed by atoms with Gasteiger partial charge < -0.3 is 29.6 Å². The number of likely N-dealkylation sites (N-methyl/N-ethyl adjacent to an activating group) is 2. The lowest BCUT2D eigenvalue weighted by molar-refractivity contribution is -0.189. The standard InChI is InChI=1S/C28H26F4N6O4/c1-37-9-8-17(14-37)38(2)26(39)18-6-7-19(25(41-3)24(18)42-27(40)28(30,31)32)35-23-13-33-12-22(36-23)21-10-15-4-5-16(29)11-20(15)34-21/h4-7,10-13,17,34H,8-9,14H2,1-3H3,(H,35,36). The molecule has 0 aliphatic carbocycles. The number of halogens is 4. The minimum absolute atomic E-state index is 0.0624. The van der Waals surface area contributed by atoms with Gasteiger partial charge in [-0.1, -0.05) is 0 Å². The van der Waals surface area contributed by atoms with Gasteiger partial charge in [0, 0.05) is 30.5 Å². The molecule has 2 aromatic carbocycles. The number of hydrogen-bond donors (Lipinski definition) is 2. The number of aromatic nitrogens is 3. The van der Waals surface area contributed by atoms with Crippen molar-refractivity contribution in [2.75, 3.05) is 39.6 Å². The van der Waals surface area contributed by atoms with E-state index in [1.807, 2.05) is 11.9 Å². The van der Waals surface area contributed by atoms with E-state index >= 15 is 0 Å². The lowest BCUT2D eigenvalue weighted by Crippen LogP contribution is -2.39. The Morgan fingerprint density at radius 1 is 1.14 bits per heavy atom. The molecule has 1 fully saturated rings. The first-order valence-corrected chi connectivity index (χ1v) is 12.8. The molecule has 2 N–H and O–H groups in total. The lowest BCUT2D eigenvalue weighted by atomic mass is 10.1. The highest BCUT2D eigenvalue weighted by atomic mass is 19.4. The van der Waals surface area contributed by atoms with E-state index in [1.54, 1.807) is 19.2 Å². The van der Waals surface area contributed by atoms with E-state index in [1.165, 1.54) is 48.7 Å². The SMILES string of the molecule is COc1c(Nc2cncc(-c3cc4ccc(F)cc4[nH]3)n2)ccc(C(=O)N(C)C2CCN(C)C2)c1OC(=O)C(F)(F)F. The summed E-state index contributed by atoms with van der Waals surface area (Å²) >= 11 is 0. The van der Waals surface area contributed by atoms with Gasteiger partial charge in [0.25, 0.3) is 5.91 Å². The van der Waals surface area contributed by atoms with Crippen LogP contribution in [0.4, 0.5) is 29.1 Å². The highest BCUT2D eigenvalue weighted by molar-refractivity contribution is 6.00. The molecule has 5 rings (SSSR count). The van der Waals surface area contributed by atoms with Crippen LogP contribution in [-0.4, -0.2) is 83.1 Å². The summed E-state index contributed by atoms with van der Waals surface area (Å²) in [5.74, 6) is -4.39. The molecule has 0 radical (unpaired) electrons. The number of fused-ring (bicyclic) bond motifs is 1. The molecule has 0 bridgehead atoms. The summed E-state index contributed by atoms with van der Waals surface area (Å²) in [6.45, 7) is 1.33. The summed E-state index contributed by atoms with van der Waals surface area (Å²) in [6.07, 6.45) is -1.82. The molecule has 1 saturated heterocycles. The molecule has 42 heavy (non-hydrogen) atoms. The normalized spacial score (nSPS) is 15.5. The van der Waals surface area contributed by atoms with Gasteiger partial charge in [-0.05, 0) is 56.4 Å². The van der Waals surface area contributed by atoms with Gasteiger partial charge in [-0.25, -0.2) is 14.2 Å². The number of rotatable bonds is 7. The number of esters is 1. The topological polar surface area (TPSA) is 113 Å². The molecule has 4 aromatic rings. The molecule has 0 saturated carbocycles. The zero-order valence-corrected chi connectivity index (χ0v) is 22.8. The molecule has 1 amide bonds. The second kappa shape index (κ2) is 11.3. The average Bonchev–Trinajstić information content (AvgIpc) is 3.58. The summed E-state index contributed by atoms with van der Waals surface area (Å²) in [5.41, 5.74) is 1.26. The van der Waals surface area contributed by atoms with Gasteiger partial charge in [0.15, 0.2) is 11.5 Å². The highest BCUT2D eigenvalue weighted by Crippen LogP contribution is 2.41. The van der Waals surface area contributed by atoms with Crippen molar-refractivity contribution in [1.82, 2.24) is 24.8 Å². The first-order valence-electron chi connectivity index (χ1n) is 12.8. The average molecular weight is 587 g/mol. The van der Waals surface area contributed by atoms with E-state index in [2.05, 4.69) is 20.3 Å². The molecule has 1 atom stereocenters. The van der Waals surface area contributed by atoms with Crippen molar-refractivity contribution in [3.05, 3.63) is 60.2 Å². The number of likely N-dealkylation sites (tertiary alicyclic amines) is 1. The lowest BCUT2D eigenvalue weighted by Gasteiger charge is -2.26. The van der Waals surface area contributed by atoms with Crippen molar-refractivity contribution in [2.24, 2.45) is 0 Å². The summed E-state index contributed by atoms with van der Waals surface area (Å²) < 4.78 is 63.4. The molecule has 1 aliphatic heterocycles. The number of benzene rings is 2. The quantitative estimate of drug-likeness (QED) is 0.181. The van der Waals surface area contributed by atoms with Crippen LogP contribution in [0.2, 0.25) is 0 Å². The monoisotopic (exact) mass is 586 g/mol. The van der Waals surface area contributed by atoms with Crippen LogP contribution in [0.3, 0.4) is 0 Å². The third-order valence-electron chi connectivity index (χ3n) is 6.97. The predicted molar refractivity (Wildman–Crippen MR) is 145 cm³/mol. The molecule has 10 nitrogen and oxygen atoms in total. The number of aromatic amines is 1. The second-order valence-corrected chi connectivity index (χ2v) is 9.86. The third kappa shape index (κ3) is 5.84. The van der Waals surface area contributed by atoms with Crippen LogP contribution in [0.15, 0.2) is 48.8 Å². The summed E-state index contributed by atoms with van der Waals surface area (Å²) in [4.78, 5) is 40.5. The molecule has 1 aliphatic rings. The molecule has 14 heteroatoms. The Morgan fingerprint density at radius 2 is 1.93 bits per heavy atom. The minimum atomic E-state index is -5.32. The van der Waals surface area contributed by atoms with Crippen LogP contribution in [0.1, 0.15) is 16.8 Å². The number of methoxy groups -OCH3 is 1. The van der Waals surface area contributed by atoms with Crippen LogP contribution >= 0.6 is 0 Å². The van der Waals surface area contributed by atoms with Gasteiger partial charge in [0.05, 0.1) is 36.4 Å². The minimum Gasteiger partial charge on any atom is -0.491 e. The van der Waals surface area contributed by atoms with E-state index in [4.69, 9.17) is 9.47 Å². The van der Waals surface area contributed by atoms with Gasteiger partial charge >= 0.3 is 12.1 Å². The van der Waals surface area contributed by atoms with Crippen molar-refractivity contribution in [3.8, 4) is 22.9 Å². The second-order valence-electron chi connectivity index (χ2n) is 9.86. The molecule has 220 valence electrons. The Hall–Kier alpha value is -4.72. The fraction of sp³-hybridized carbons (Fsp3) is 0.286. The number of H-pyrrole nitrogens is 1. The number of nitrogens with zero attached hydrogens (tertiary/aromatic N) is 4. The number of anilines is 2. The Balaban J connectivity index is 1.50. The number of carbonyl (C=O) groups excluding carboxylic acids is 2. The predicted octanol–water partition coefficient (Wildman–Crippen LogP) is 4.76. The maximum absolute atomic E-state index is 13.6. The van der Waals surface area contributed by atoms with Gasteiger partial charge in [-0.3, -0.25) is 9.78 Å². The Bertz CT molecular complexity index is 1660. The zero-order valence-electron chi connectivity index (χ0n) is 22.8. The first-order chi connectivity index (χ1) is 19.9. The van der Waals surface area contributed by atoms with Crippen molar-refractivity contribution in [1.29, 1.82) is 0 Å². The van der Waals surface area contributed by atoms with Crippen LogP contribution in [0, 0.1) is 5.82 Å². The molecular formula is C28H26F4N6O4. The van der Waals surface area contributed by atoms with Crippen molar-refractivity contribution in [2.45, 2.75) is 18.6 Å². The number of hydrogen-bond acceptors (Lipinski definition) is 8.